The zero-order chi connectivity index (χ0) is 22.8. The fourth-order valence-corrected chi connectivity index (χ4v) is 5.33. The predicted molar refractivity (Wildman–Crippen MR) is 134 cm³/mol. The Morgan fingerprint density at radius 1 is 1.15 bits per heavy atom. The smallest absolute Gasteiger partial charge is 0.199 e. The van der Waals surface area contributed by atoms with Crippen molar-refractivity contribution in [2.24, 2.45) is 0 Å². The quantitative estimate of drug-likeness (QED) is 0.333. The highest BCUT2D eigenvalue weighted by atomic mass is 32.1. The Bertz CT molecular complexity index is 1150. The molecule has 2 aliphatic rings. The number of thiazole rings is 1. The van der Waals surface area contributed by atoms with Gasteiger partial charge in [-0.15, -0.1) is 17.9 Å². The minimum atomic E-state index is 0.575. The van der Waals surface area contributed by atoms with Gasteiger partial charge in [0.15, 0.2) is 4.77 Å². The van der Waals surface area contributed by atoms with E-state index in [9.17, 15) is 0 Å². The summed E-state index contributed by atoms with van der Waals surface area (Å²) in [6, 6.07) is 8.10. The van der Waals surface area contributed by atoms with Gasteiger partial charge in [0.1, 0.15) is 16.6 Å². The second kappa shape index (κ2) is 9.89. The van der Waals surface area contributed by atoms with Crippen molar-refractivity contribution in [3.8, 4) is 16.3 Å². The highest BCUT2D eigenvalue weighted by molar-refractivity contribution is 7.71. The molecule has 0 amide bonds. The topological polar surface area (TPSA) is 51.4 Å². The van der Waals surface area contributed by atoms with Crippen LogP contribution in [0, 0.1) is 4.77 Å². The Morgan fingerprint density at radius 3 is 2.55 bits per heavy atom. The summed E-state index contributed by atoms with van der Waals surface area (Å²) >= 11 is 7.43. The molecule has 2 fully saturated rings. The zero-order valence-electron chi connectivity index (χ0n) is 19.0. The number of hydrogen-bond donors (Lipinski definition) is 0. The molecule has 0 unspecified atom stereocenters. The van der Waals surface area contributed by atoms with E-state index in [4.69, 9.17) is 27.0 Å². The van der Waals surface area contributed by atoms with Gasteiger partial charge in [-0.2, -0.15) is 5.10 Å². The van der Waals surface area contributed by atoms with Gasteiger partial charge in [-0.1, -0.05) is 6.08 Å². The second-order valence-corrected chi connectivity index (χ2v) is 9.95. The van der Waals surface area contributed by atoms with Gasteiger partial charge in [-0.25, -0.2) is 9.67 Å². The first-order valence-corrected chi connectivity index (χ1v) is 12.8. The fourth-order valence-electron chi connectivity index (χ4n) is 4.25. The standard InChI is InChI=1S/C24H30N6OS2/c1-3-10-29-22(18-4-5-18)26-30(24(29)32)17-28-13-11-27(12-14-28)15-20-16-33-23(25-20)19-6-8-21(31-2)9-7-19/h3,6-9,16,18H,1,4-5,10-15,17H2,2H3. The summed E-state index contributed by atoms with van der Waals surface area (Å²) in [7, 11) is 1.69. The highest BCUT2D eigenvalue weighted by Gasteiger charge is 2.30. The number of ether oxygens (including phenoxy) is 1. The van der Waals surface area contributed by atoms with E-state index in [1.54, 1.807) is 18.4 Å². The molecule has 2 aromatic heterocycles. The summed E-state index contributed by atoms with van der Waals surface area (Å²) in [5.74, 6) is 2.58. The lowest BCUT2D eigenvalue weighted by atomic mass is 10.2. The van der Waals surface area contributed by atoms with Crippen molar-refractivity contribution in [2.45, 2.75) is 38.5 Å². The van der Waals surface area contributed by atoms with Crippen LogP contribution in [0.3, 0.4) is 0 Å². The third kappa shape index (κ3) is 5.11. The molecule has 0 N–H and O–H groups in total. The van der Waals surface area contributed by atoms with Gasteiger partial charge in [0, 0.05) is 56.1 Å². The van der Waals surface area contributed by atoms with E-state index in [-0.39, 0.29) is 0 Å². The molecule has 3 aromatic rings. The van der Waals surface area contributed by atoms with Gasteiger partial charge < -0.3 is 4.74 Å². The maximum Gasteiger partial charge on any atom is 0.199 e. The molecule has 0 atom stereocenters. The van der Waals surface area contributed by atoms with E-state index < -0.39 is 0 Å². The lowest BCUT2D eigenvalue weighted by Crippen LogP contribution is -2.46. The Labute approximate surface area is 203 Å². The van der Waals surface area contributed by atoms with E-state index in [1.165, 1.54) is 12.8 Å². The molecule has 0 bridgehead atoms. The first-order chi connectivity index (χ1) is 16.1. The van der Waals surface area contributed by atoms with Gasteiger partial charge in [-0.3, -0.25) is 14.4 Å². The number of rotatable bonds is 9. The normalized spacial score (nSPS) is 17.4. The second-order valence-electron chi connectivity index (χ2n) is 8.72. The van der Waals surface area contributed by atoms with Crippen molar-refractivity contribution in [3.05, 3.63) is 58.6 Å². The fraction of sp³-hybridized carbons (Fsp3) is 0.458. The summed E-state index contributed by atoms with van der Waals surface area (Å²) in [4.78, 5) is 9.79. The maximum atomic E-state index is 5.72. The summed E-state index contributed by atoms with van der Waals surface area (Å²) in [5, 5.41) is 8.10. The van der Waals surface area contributed by atoms with Gasteiger partial charge >= 0.3 is 0 Å². The number of benzene rings is 1. The van der Waals surface area contributed by atoms with Crippen LogP contribution in [-0.2, 0) is 19.8 Å². The summed E-state index contributed by atoms with van der Waals surface area (Å²) in [6.07, 6.45) is 4.35. The molecular weight excluding hydrogens is 452 g/mol. The molecule has 1 saturated heterocycles. The van der Waals surface area contributed by atoms with E-state index in [0.717, 1.165) is 78.5 Å². The number of aromatic nitrogens is 4. The first-order valence-electron chi connectivity index (χ1n) is 11.5. The first kappa shape index (κ1) is 22.5. The highest BCUT2D eigenvalue weighted by Crippen LogP contribution is 2.39. The van der Waals surface area contributed by atoms with Gasteiger partial charge in [0.2, 0.25) is 0 Å². The van der Waals surface area contributed by atoms with Crippen molar-refractivity contribution in [1.82, 2.24) is 29.1 Å². The minimum Gasteiger partial charge on any atom is -0.497 e. The molecule has 0 spiro atoms. The summed E-state index contributed by atoms with van der Waals surface area (Å²) < 4.78 is 10.2. The molecule has 1 aromatic carbocycles. The molecule has 1 aliphatic heterocycles. The molecular formula is C24H30N6OS2. The Hall–Kier alpha value is -2.33. The lowest BCUT2D eigenvalue weighted by Gasteiger charge is -2.34. The van der Waals surface area contributed by atoms with Crippen LogP contribution in [0.15, 0.2) is 42.3 Å². The molecule has 7 nitrogen and oxygen atoms in total. The molecule has 1 saturated carbocycles. The molecule has 9 heteroatoms. The number of methoxy groups -OCH3 is 1. The molecule has 174 valence electrons. The molecule has 5 rings (SSSR count). The van der Waals surface area contributed by atoms with E-state index in [1.807, 2.05) is 22.9 Å². The van der Waals surface area contributed by atoms with E-state index in [2.05, 4.69) is 38.5 Å². The van der Waals surface area contributed by atoms with Crippen molar-refractivity contribution >= 4 is 23.6 Å². The van der Waals surface area contributed by atoms with Crippen molar-refractivity contribution < 1.29 is 4.74 Å². The van der Waals surface area contributed by atoms with Crippen LogP contribution in [0.5, 0.6) is 5.75 Å². The van der Waals surface area contributed by atoms with Crippen molar-refractivity contribution in [3.63, 3.8) is 0 Å². The zero-order valence-corrected chi connectivity index (χ0v) is 20.7. The number of allylic oxidation sites excluding steroid dienone is 1. The van der Waals surface area contributed by atoms with Crippen LogP contribution < -0.4 is 4.74 Å². The summed E-state index contributed by atoms with van der Waals surface area (Å²) in [6.45, 7) is 10.3. The lowest BCUT2D eigenvalue weighted by molar-refractivity contribution is 0.0973. The average molecular weight is 483 g/mol. The number of piperazine rings is 1. The SMILES string of the molecule is C=CCn1c(C2CC2)nn(CN2CCN(Cc3csc(-c4ccc(OC)cc4)n3)CC2)c1=S. The molecule has 1 aliphatic carbocycles. The van der Waals surface area contributed by atoms with Crippen molar-refractivity contribution in [2.75, 3.05) is 33.3 Å². The van der Waals surface area contributed by atoms with Crippen LogP contribution in [0.1, 0.15) is 30.3 Å². The number of nitrogens with zero attached hydrogens (tertiary/aromatic N) is 6. The Morgan fingerprint density at radius 2 is 1.88 bits per heavy atom. The Kier molecular flexibility index (Phi) is 6.73. The van der Waals surface area contributed by atoms with Crippen LogP contribution in [0.4, 0.5) is 0 Å². The van der Waals surface area contributed by atoms with Crippen LogP contribution in [-0.4, -0.2) is 62.4 Å². The van der Waals surface area contributed by atoms with Gasteiger partial charge in [0.05, 0.1) is 19.5 Å². The molecule has 3 heterocycles. The third-order valence-electron chi connectivity index (χ3n) is 6.28. The monoisotopic (exact) mass is 482 g/mol. The minimum absolute atomic E-state index is 0.575. The van der Waals surface area contributed by atoms with E-state index in [0.29, 0.717) is 5.92 Å². The summed E-state index contributed by atoms with van der Waals surface area (Å²) in [5.41, 5.74) is 2.27. The van der Waals surface area contributed by atoms with E-state index >= 15 is 0 Å². The maximum absolute atomic E-state index is 5.72. The number of hydrogen-bond acceptors (Lipinski definition) is 7. The van der Waals surface area contributed by atoms with Crippen LogP contribution in [0.25, 0.3) is 10.6 Å². The largest absolute Gasteiger partial charge is 0.497 e. The van der Waals surface area contributed by atoms with Gasteiger partial charge in [0.25, 0.3) is 0 Å². The Balaban J connectivity index is 1.16. The third-order valence-corrected chi connectivity index (χ3v) is 7.65. The van der Waals surface area contributed by atoms with Crippen LogP contribution >= 0.6 is 23.6 Å². The molecule has 33 heavy (non-hydrogen) atoms. The predicted octanol–water partition coefficient (Wildman–Crippen LogP) is 4.38. The van der Waals surface area contributed by atoms with Crippen molar-refractivity contribution in [1.29, 1.82) is 0 Å². The van der Waals surface area contributed by atoms with Gasteiger partial charge in [-0.05, 0) is 49.3 Å². The average Bonchev–Trinajstić information content (AvgIpc) is 3.51. The molecule has 0 radical (unpaired) electrons. The van der Waals surface area contributed by atoms with Crippen LogP contribution in [0.2, 0.25) is 0 Å².